The molecule has 0 aliphatic heterocycles. The Bertz CT molecular complexity index is 916. The molecule has 0 atom stereocenters. The van der Waals surface area contributed by atoms with Gasteiger partial charge in [-0.25, -0.2) is 4.79 Å². The summed E-state index contributed by atoms with van der Waals surface area (Å²) in [5.41, 5.74) is 3.19. The van der Waals surface area contributed by atoms with Crippen LogP contribution in [0.3, 0.4) is 0 Å². The van der Waals surface area contributed by atoms with E-state index < -0.39 is 17.5 Å². The van der Waals surface area contributed by atoms with E-state index in [9.17, 15) is 19.7 Å². The highest BCUT2D eigenvalue weighted by atomic mass is 16.6. The number of carbonyl (C=O) groups is 2. The Kier molecular flexibility index (Phi) is 7.44. The number of methoxy groups -OCH3 is 1. The molecule has 0 aliphatic rings. The molecule has 0 aromatic heterocycles. The van der Waals surface area contributed by atoms with Crippen molar-refractivity contribution in [1.29, 1.82) is 0 Å². The summed E-state index contributed by atoms with van der Waals surface area (Å²) < 4.78 is 10.0. The van der Waals surface area contributed by atoms with Gasteiger partial charge in [0.15, 0.2) is 6.61 Å². The summed E-state index contributed by atoms with van der Waals surface area (Å²) in [4.78, 5) is 35.5. The first kappa shape index (κ1) is 22.0. The summed E-state index contributed by atoms with van der Waals surface area (Å²) in [6.07, 6.45) is 0. The van der Waals surface area contributed by atoms with Crippen LogP contribution in [-0.4, -0.2) is 43.5 Å². The number of nitro groups is 1. The maximum absolute atomic E-state index is 12.5. The Morgan fingerprint density at radius 1 is 1.10 bits per heavy atom. The first-order valence-corrected chi connectivity index (χ1v) is 9.04. The van der Waals surface area contributed by atoms with Gasteiger partial charge in [-0.2, -0.15) is 0 Å². The molecule has 0 fully saturated rings. The SMILES string of the molecule is COCCNc1ccc(C(=O)OCC(=O)c2c(C)cc(C)cc2C)cc1[N+](=O)[O-]. The zero-order valence-electron chi connectivity index (χ0n) is 16.9. The Morgan fingerprint density at radius 3 is 2.34 bits per heavy atom. The number of hydrogen-bond donors (Lipinski definition) is 1. The predicted octanol–water partition coefficient (Wildman–Crippen LogP) is 3.62. The molecule has 0 amide bonds. The fraction of sp³-hybridized carbons (Fsp3) is 0.333. The van der Waals surface area contributed by atoms with E-state index >= 15 is 0 Å². The molecule has 0 bridgehead atoms. The molecular weight excluding hydrogens is 376 g/mol. The number of benzene rings is 2. The smallest absolute Gasteiger partial charge is 0.338 e. The number of esters is 1. The molecule has 2 aromatic rings. The number of aryl methyl sites for hydroxylation is 3. The van der Waals surface area contributed by atoms with Crippen molar-refractivity contribution in [3.8, 4) is 0 Å². The third-order valence-electron chi connectivity index (χ3n) is 4.34. The Hall–Kier alpha value is -3.26. The molecule has 8 nitrogen and oxygen atoms in total. The molecule has 2 rings (SSSR count). The summed E-state index contributed by atoms with van der Waals surface area (Å²) in [7, 11) is 1.52. The molecule has 29 heavy (non-hydrogen) atoms. The van der Waals surface area contributed by atoms with Crippen LogP contribution in [0, 0.1) is 30.9 Å². The standard InChI is InChI=1S/C21H24N2O6/c1-13-9-14(2)20(15(3)10-13)19(24)12-29-21(25)16-5-6-17(22-7-8-28-4)18(11-16)23(26)27/h5-6,9-11,22H,7-8,12H2,1-4H3. The molecule has 8 heteroatoms. The highest BCUT2D eigenvalue weighted by Gasteiger charge is 2.20. The summed E-state index contributed by atoms with van der Waals surface area (Å²) in [6.45, 7) is 5.91. The van der Waals surface area contributed by atoms with E-state index in [1.54, 1.807) is 0 Å². The normalized spacial score (nSPS) is 10.5. The average molecular weight is 400 g/mol. The van der Waals surface area contributed by atoms with Gasteiger partial charge in [0, 0.05) is 25.3 Å². The van der Waals surface area contributed by atoms with Crippen molar-refractivity contribution in [2.45, 2.75) is 20.8 Å². The van der Waals surface area contributed by atoms with Gasteiger partial charge in [-0.1, -0.05) is 17.7 Å². The minimum atomic E-state index is -0.799. The fourth-order valence-electron chi connectivity index (χ4n) is 3.15. The lowest BCUT2D eigenvalue weighted by molar-refractivity contribution is -0.384. The summed E-state index contributed by atoms with van der Waals surface area (Å²) >= 11 is 0. The molecule has 1 N–H and O–H groups in total. The molecule has 0 saturated heterocycles. The number of rotatable bonds is 9. The van der Waals surface area contributed by atoms with Gasteiger partial charge in [0.25, 0.3) is 5.69 Å². The third-order valence-corrected chi connectivity index (χ3v) is 4.34. The second-order valence-corrected chi connectivity index (χ2v) is 6.68. The van der Waals surface area contributed by atoms with E-state index in [1.807, 2.05) is 32.9 Å². The van der Waals surface area contributed by atoms with Crippen molar-refractivity contribution in [3.63, 3.8) is 0 Å². The molecule has 0 spiro atoms. The second-order valence-electron chi connectivity index (χ2n) is 6.68. The Labute approximate surface area is 169 Å². The maximum atomic E-state index is 12.5. The van der Waals surface area contributed by atoms with Crippen LogP contribution < -0.4 is 5.32 Å². The summed E-state index contributed by atoms with van der Waals surface area (Å²) in [5.74, 6) is -1.12. The Balaban J connectivity index is 2.11. The number of nitro benzene ring substituents is 1. The van der Waals surface area contributed by atoms with Crippen LogP contribution in [0.4, 0.5) is 11.4 Å². The molecule has 2 aromatic carbocycles. The van der Waals surface area contributed by atoms with Gasteiger partial charge in [-0.3, -0.25) is 14.9 Å². The second kappa shape index (κ2) is 9.79. The molecule has 0 radical (unpaired) electrons. The van der Waals surface area contributed by atoms with Gasteiger partial charge in [-0.15, -0.1) is 0 Å². The van der Waals surface area contributed by atoms with Gasteiger partial charge >= 0.3 is 5.97 Å². The van der Waals surface area contributed by atoms with Crippen LogP contribution in [0.25, 0.3) is 0 Å². The van der Waals surface area contributed by atoms with Crippen molar-refractivity contribution < 1.29 is 24.0 Å². The number of nitrogens with zero attached hydrogens (tertiary/aromatic N) is 1. The van der Waals surface area contributed by atoms with Crippen LogP contribution >= 0.6 is 0 Å². The number of carbonyl (C=O) groups excluding carboxylic acids is 2. The largest absolute Gasteiger partial charge is 0.454 e. The highest BCUT2D eigenvalue weighted by molar-refractivity contribution is 6.01. The topological polar surface area (TPSA) is 108 Å². The van der Waals surface area contributed by atoms with E-state index in [0.717, 1.165) is 22.8 Å². The van der Waals surface area contributed by atoms with Crippen LogP contribution in [-0.2, 0) is 9.47 Å². The number of ketones is 1. The van der Waals surface area contributed by atoms with E-state index in [0.29, 0.717) is 18.7 Å². The van der Waals surface area contributed by atoms with Crippen molar-refractivity contribution in [1.82, 2.24) is 0 Å². The molecule has 154 valence electrons. The zero-order valence-corrected chi connectivity index (χ0v) is 16.9. The number of nitrogens with one attached hydrogen (secondary N) is 1. The van der Waals surface area contributed by atoms with Crippen LogP contribution in [0.2, 0.25) is 0 Å². The van der Waals surface area contributed by atoms with Gasteiger partial charge < -0.3 is 14.8 Å². The van der Waals surface area contributed by atoms with Crippen molar-refractivity contribution >= 4 is 23.1 Å². The third kappa shape index (κ3) is 5.61. The lowest BCUT2D eigenvalue weighted by Crippen LogP contribution is -2.17. The van der Waals surface area contributed by atoms with E-state index in [4.69, 9.17) is 9.47 Å². The minimum Gasteiger partial charge on any atom is -0.454 e. The quantitative estimate of drug-likeness (QED) is 0.225. The lowest BCUT2D eigenvalue weighted by Gasteiger charge is -2.11. The number of hydrogen-bond acceptors (Lipinski definition) is 7. The number of Topliss-reactive ketones (excluding diaryl/α,β-unsaturated/α-hetero) is 1. The maximum Gasteiger partial charge on any atom is 0.338 e. The van der Waals surface area contributed by atoms with Gasteiger partial charge in [0.05, 0.1) is 17.1 Å². The number of anilines is 1. The zero-order chi connectivity index (χ0) is 21.6. The number of ether oxygens (including phenoxy) is 2. The van der Waals surface area contributed by atoms with E-state index in [2.05, 4.69) is 5.32 Å². The molecule has 0 unspecified atom stereocenters. The van der Waals surface area contributed by atoms with Crippen LogP contribution in [0.5, 0.6) is 0 Å². The average Bonchev–Trinajstić information content (AvgIpc) is 2.65. The van der Waals surface area contributed by atoms with E-state index in [1.165, 1.54) is 19.2 Å². The fourth-order valence-corrected chi connectivity index (χ4v) is 3.15. The molecular formula is C21H24N2O6. The first-order valence-electron chi connectivity index (χ1n) is 9.04. The van der Waals surface area contributed by atoms with Crippen LogP contribution in [0.1, 0.15) is 37.4 Å². The monoisotopic (exact) mass is 400 g/mol. The minimum absolute atomic E-state index is 0.000795. The highest BCUT2D eigenvalue weighted by Crippen LogP contribution is 2.26. The van der Waals surface area contributed by atoms with Gasteiger partial charge in [-0.05, 0) is 44.0 Å². The van der Waals surface area contributed by atoms with Crippen molar-refractivity contribution in [3.05, 3.63) is 68.3 Å². The lowest BCUT2D eigenvalue weighted by atomic mass is 9.97. The van der Waals surface area contributed by atoms with Crippen LogP contribution in [0.15, 0.2) is 30.3 Å². The summed E-state index contributed by atoms with van der Waals surface area (Å²) in [6, 6.07) is 7.75. The van der Waals surface area contributed by atoms with Gasteiger partial charge in [0.2, 0.25) is 5.78 Å². The Morgan fingerprint density at radius 2 is 1.76 bits per heavy atom. The van der Waals surface area contributed by atoms with Gasteiger partial charge in [0.1, 0.15) is 5.69 Å². The van der Waals surface area contributed by atoms with E-state index in [-0.39, 0.29) is 22.7 Å². The first-order chi connectivity index (χ1) is 13.7. The molecule has 0 aliphatic carbocycles. The summed E-state index contributed by atoms with van der Waals surface area (Å²) in [5, 5.41) is 14.2. The predicted molar refractivity (Wildman–Crippen MR) is 109 cm³/mol. The molecule has 0 saturated carbocycles. The van der Waals surface area contributed by atoms with Crippen molar-refractivity contribution in [2.24, 2.45) is 0 Å². The molecule has 0 heterocycles. The van der Waals surface area contributed by atoms with Crippen molar-refractivity contribution in [2.75, 3.05) is 32.2 Å².